The van der Waals surface area contributed by atoms with Crippen LogP contribution in [0.25, 0.3) is 10.9 Å². The lowest BCUT2D eigenvalue weighted by Gasteiger charge is -2.12. The van der Waals surface area contributed by atoms with Crippen LogP contribution in [0.1, 0.15) is 30.0 Å². The lowest BCUT2D eigenvalue weighted by Crippen LogP contribution is -2.22. The molecule has 1 unspecified atom stereocenters. The van der Waals surface area contributed by atoms with Gasteiger partial charge in [0.2, 0.25) is 0 Å². The van der Waals surface area contributed by atoms with Gasteiger partial charge in [-0.2, -0.15) is 0 Å². The molecule has 0 spiro atoms. The molecule has 1 atom stereocenters. The van der Waals surface area contributed by atoms with E-state index in [1.165, 1.54) is 0 Å². The Kier molecular flexibility index (Phi) is 3.03. The van der Waals surface area contributed by atoms with Crippen molar-refractivity contribution in [2.75, 3.05) is 13.7 Å². The summed E-state index contributed by atoms with van der Waals surface area (Å²) in [7, 11) is 1.62. The van der Waals surface area contributed by atoms with E-state index in [0.717, 1.165) is 47.2 Å². The van der Waals surface area contributed by atoms with Gasteiger partial charge in [0.15, 0.2) is 0 Å². The lowest BCUT2D eigenvalue weighted by atomic mass is 10.0. The third-order valence-corrected chi connectivity index (χ3v) is 3.74. The van der Waals surface area contributed by atoms with E-state index in [1.807, 2.05) is 19.1 Å². The van der Waals surface area contributed by atoms with Crippen molar-refractivity contribution in [3.05, 3.63) is 39.7 Å². The normalized spacial score (nSPS) is 18.9. The van der Waals surface area contributed by atoms with Crippen LogP contribution < -0.4 is 15.6 Å². The van der Waals surface area contributed by atoms with E-state index in [0.29, 0.717) is 0 Å². The average molecular weight is 258 g/mol. The van der Waals surface area contributed by atoms with Crippen molar-refractivity contribution in [3.8, 4) is 5.75 Å². The monoisotopic (exact) mass is 258 g/mol. The van der Waals surface area contributed by atoms with Crippen LogP contribution in [0.2, 0.25) is 0 Å². The van der Waals surface area contributed by atoms with Crippen molar-refractivity contribution in [2.45, 2.75) is 25.8 Å². The summed E-state index contributed by atoms with van der Waals surface area (Å²) in [6.07, 6.45) is 2.15. The summed E-state index contributed by atoms with van der Waals surface area (Å²) in [5.41, 5.74) is 2.72. The number of aromatic nitrogens is 1. The molecule has 1 aromatic heterocycles. The number of benzene rings is 1. The maximum Gasteiger partial charge on any atom is 0.253 e. The van der Waals surface area contributed by atoms with Crippen molar-refractivity contribution >= 4 is 10.9 Å². The zero-order chi connectivity index (χ0) is 13.4. The number of fused-ring (bicyclic) bond motifs is 1. The molecule has 0 bridgehead atoms. The van der Waals surface area contributed by atoms with Gasteiger partial charge in [-0.25, -0.2) is 0 Å². The molecule has 2 N–H and O–H groups in total. The predicted molar refractivity (Wildman–Crippen MR) is 75.8 cm³/mol. The highest BCUT2D eigenvalue weighted by atomic mass is 16.5. The molecule has 1 aliphatic heterocycles. The maximum absolute atomic E-state index is 12.2. The second-order valence-electron chi connectivity index (χ2n) is 5.13. The second-order valence-corrected chi connectivity index (χ2v) is 5.13. The molecule has 1 aliphatic rings. The van der Waals surface area contributed by atoms with Crippen molar-refractivity contribution in [3.63, 3.8) is 0 Å². The minimum atomic E-state index is -0.0194. The molecule has 100 valence electrons. The first-order valence-electron chi connectivity index (χ1n) is 6.64. The van der Waals surface area contributed by atoms with Crippen LogP contribution in [0.3, 0.4) is 0 Å². The number of hydrogen-bond donors (Lipinski definition) is 2. The Balaban J connectivity index is 2.21. The first-order chi connectivity index (χ1) is 9.19. The van der Waals surface area contributed by atoms with E-state index in [9.17, 15) is 4.79 Å². The van der Waals surface area contributed by atoms with Gasteiger partial charge in [-0.15, -0.1) is 0 Å². The second kappa shape index (κ2) is 4.70. The van der Waals surface area contributed by atoms with Gasteiger partial charge in [0.1, 0.15) is 5.75 Å². The Morgan fingerprint density at radius 1 is 1.32 bits per heavy atom. The molecule has 1 saturated heterocycles. The summed E-state index contributed by atoms with van der Waals surface area (Å²) in [6, 6.07) is 6.18. The topological polar surface area (TPSA) is 54.1 Å². The quantitative estimate of drug-likeness (QED) is 0.868. The number of aryl methyl sites for hydroxylation is 1. The Morgan fingerprint density at radius 2 is 2.16 bits per heavy atom. The summed E-state index contributed by atoms with van der Waals surface area (Å²) < 4.78 is 5.34. The van der Waals surface area contributed by atoms with E-state index < -0.39 is 0 Å². The Hall–Kier alpha value is -1.81. The van der Waals surface area contributed by atoms with Gasteiger partial charge in [-0.3, -0.25) is 4.79 Å². The van der Waals surface area contributed by atoms with E-state index in [-0.39, 0.29) is 11.6 Å². The Labute approximate surface area is 111 Å². The largest absolute Gasteiger partial charge is 0.495 e. The minimum absolute atomic E-state index is 0.0194. The van der Waals surface area contributed by atoms with Crippen molar-refractivity contribution in [1.82, 2.24) is 10.3 Å². The van der Waals surface area contributed by atoms with E-state index in [4.69, 9.17) is 4.74 Å². The van der Waals surface area contributed by atoms with Gasteiger partial charge in [0, 0.05) is 17.0 Å². The van der Waals surface area contributed by atoms with Gasteiger partial charge in [0.25, 0.3) is 5.56 Å². The predicted octanol–water partition coefficient (Wildman–Crippen LogP) is 2.27. The van der Waals surface area contributed by atoms with Crippen LogP contribution in [-0.2, 0) is 0 Å². The van der Waals surface area contributed by atoms with Crippen molar-refractivity contribution in [2.24, 2.45) is 0 Å². The number of aromatic amines is 1. The van der Waals surface area contributed by atoms with Gasteiger partial charge >= 0.3 is 0 Å². The minimum Gasteiger partial charge on any atom is -0.495 e. The molecule has 4 heteroatoms. The molecule has 2 aromatic rings. The molecule has 3 rings (SSSR count). The number of pyridine rings is 1. The molecule has 1 aromatic carbocycles. The summed E-state index contributed by atoms with van der Waals surface area (Å²) in [4.78, 5) is 15.2. The van der Waals surface area contributed by atoms with E-state index in [2.05, 4.69) is 16.4 Å². The van der Waals surface area contributed by atoms with Crippen LogP contribution >= 0.6 is 0 Å². The maximum atomic E-state index is 12.2. The van der Waals surface area contributed by atoms with Gasteiger partial charge in [0.05, 0.1) is 12.6 Å². The average Bonchev–Trinajstić information content (AvgIpc) is 2.91. The first-order valence-corrected chi connectivity index (χ1v) is 6.64. The Bertz CT molecular complexity index is 670. The highest BCUT2D eigenvalue weighted by Crippen LogP contribution is 2.28. The standard InChI is InChI=1S/C15H18N2O2/c1-9-6-10-8-11(12-4-3-5-16-12)15(18)17-14(10)13(7-9)19-2/h6-8,12,16H,3-5H2,1-2H3,(H,17,18). The molecule has 2 heterocycles. The molecular weight excluding hydrogens is 240 g/mol. The summed E-state index contributed by atoms with van der Waals surface area (Å²) in [6.45, 7) is 3.01. The number of H-pyrrole nitrogens is 1. The fourth-order valence-corrected chi connectivity index (χ4v) is 2.82. The van der Waals surface area contributed by atoms with Crippen LogP contribution in [0.5, 0.6) is 5.75 Å². The summed E-state index contributed by atoms with van der Waals surface area (Å²) >= 11 is 0. The molecular formula is C15H18N2O2. The first kappa shape index (κ1) is 12.2. The zero-order valence-corrected chi connectivity index (χ0v) is 11.2. The number of ether oxygens (including phenoxy) is 1. The zero-order valence-electron chi connectivity index (χ0n) is 11.2. The SMILES string of the molecule is COc1cc(C)cc2cc(C3CCCN3)c(=O)[nH]c12. The van der Waals surface area contributed by atoms with Crippen molar-refractivity contribution in [1.29, 1.82) is 0 Å². The number of nitrogens with one attached hydrogen (secondary N) is 2. The molecule has 0 radical (unpaired) electrons. The fourth-order valence-electron chi connectivity index (χ4n) is 2.82. The van der Waals surface area contributed by atoms with E-state index in [1.54, 1.807) is 7.11 Å². The van der Waals surface area contributed by atoms with Crippen LogP contribution in [-0.4, -0.2) is 18.6 Å². The highest BCUT2D eigenvalue weighted by Gasteiger charge is 2.20. The lowest BCUT2D eigenvalue weighted by molar-refractivity contribution is 0.418. The Morgan fingerprint density at radius 3 is 2.84 bits per heavy atom. The molecule has 1 fully saturated rings. The third-order valence-electron chi connectivity index (χ3n) is 3.74. The molecule has 0 aliphatic carbocycles. The number of hydrogen-bond acceptors (Lipinski definition) is 3. The summed E-state index contributed by atoms with van der Waals surface area (Å²) in [5, 5.41) is 4.40. The van der Waals surface area contributed by atoms with Gasteiger partial charge in [-0.1, -0.05) is 0 Å². The van der Waals surface area contributed by atoms with E-state index >= 15 is 0 Å². The number of methoxy groups -OCH3 is 1. The molecule has 0 amide bonds. The summed E-state index contributed by atoms with van der Waals surface area (Å²) in [5.74, 6) is 0.720. The van der Waals surface area contributed by atoms with Crippen molar-refractivity contribution < 1.29 is 4.74 Å². The fraction of sp³-hybridized carbons (Fsp3) is 0.400. The smallest absolute Gasteiger partial charge is 0.253 e. The third kappa shape index (κ3) is 2.12. The van der Waals surface area contributed by atoms with Gasteiger partial charge < -0.3 is 15.0 Å². The van der Waals surface area contributed by atoms with Crippen LogP contribution in [0, 0.1) is 6.92 Å². The highest BCUT2D eigenvalue weighted by molar-refractivity contribution is 5.85. The molecule has 19 heavy (non-hydrogen) atoms. The number of rotatable bonds is 2. The van der Waals surface area contributed by atoms with Crippen LogP contribution in [0.15, 0.2) is 23.0 Å². The van der Waals surface area contributed by atoms with Crippen LogP contribution in [0.4, 0.5) is 0 Å². The molecule has 0 saturated carbocycles. The molecule has 4 nitrogen and oxygen atoms in total. The van der Waals surface area contributed by atoms with Gasteiger partial charge in [-0.05, 0) is 50.1 Å².